The van der Waals surface area contributed by atoms with Gasteiger partial charge in [-0.3, -0.25) is 0 Å². The molecule has 0 amide bonds. The van der Waals surface area contributed by atoms with Crippen molar-refractivity contribution < 1.29 is 9.84 Å². The third-order valence-electron chi connectivity index (χ3n) is 5.89. The zero-order chi connectivity index (χ0) is 10.3. The summed E-state index contributed by atoms with van der Waals surface area (Å²) in [5.41, 5.74) is 0.781. The Morgan fingerprint density at radius 1 is 1.33 bits per heavy atom. The van der Waals surface area contributed by atoms with Crippen molar-refractivity contribution >= 4 is 0 Å². The van der Waals surface area contributed by atoms with Crippen LogP contribution < -0.4 is 0 Å². The number of aliphatic hydroxyl groups is 1. The summed E-state index contributed by atoms with van der Waals surface area (Å²) in [5.74, 6) is 1.50. The van der Waals surface area contributed by atoms with Crippen molar-refractivity contribution in [3.8, 4) is 0 Å². The van der Waals surface area contributed by atoms with Crippen molar-refractivity contribution in [2.24, 2.45) is 17.3 Å². The maximum Gasteiger partial charge on any atom is 0.0693 e. The summed E-state index contributed by atoms with van der Waals surface area (Å²) in [4.78, 5) is 0. The molecule has 15 heavy (non-hydrogen) atoms. The fraction of sp³-hybridized carbons (Fsp3) is 1.00. The highest BCUT2D eigenvalue weighted by Crippen LogP contribution is 2.69. The van der Waals surface area contributed by atoms with Gasteiger partial charge in [0.2, 0.25) is 0 Å². The van der Waals surface area contributed by atoms with E-state index in [9.17, 15) is 5.11 Å². The first kappa shape index (κ1) is 9.00. The van der Waals surface area contributed by atoms with Crippen LogP contribution in [0, 0.1) is 17.3 Å². The highest BCUT2D eigenvalue weighted by molar-refractivity contribution is 5.17. The minimum absolute atomic E-state index is 0.0479. The first-order chi connectivity index (χ1) is 7.11. The largest absolute Gasteiger partial charge is 0.393 e. The van der Waals surface area contributed by atoms with E-state index in [-0.39, 0.29) is 11.7 Å². The van der Waals surface area contributed by atoms with E-state index >= 15 is 0 Å². The standard InChI is InChI=1S/C13H20O2/c1-12-7-13-3-2-9(14)5-10(13)11(15-12)4-8(12)6-13/h8-11,14H,2-7H2,1H3/t8?,9-,10?,11?,12?,13?/m0/s1. The molecule has 0 aromatic carbocycles. The Kier molecular flexibility index (Phi) is 1.46. The highest BCUT2D eigenvalue weighted by atomic mass is 16.5. The second kappa shape index (κ2) is 2.43. The Morgan fingerprint density at radius 2 is 2.20 bits per heavy atom. The molecule has 1 spiro atoms. The molecule has 6 atom stereocenters. The minimum Gasteiger partial charge on any atom is -0.393 e. The van der Waals surface area contributed by atoms with Gasteiger partial charge in [-0.05, 0) is 62.7 Å². The van der Waals surface area contributed by atoms with Crippen molar-refractivity contribution in [2.45, 2.75) is 63.3 Å². The predicted octanol–water partition coefficient (Wildman–Crippen LogP) is 2.10. The van der Waals surface area contributed by atoms with Crippen molar-refractivity contribution in [1.82, 2.24) is 0 Å². The molecule has 0 aromatic heterocycles. The van der Waals surface area contributed by atoms with Gasteiger partial charge < -0.3 is 9.84 Å². The molecule has 2 heterocycles. The second-order valence-corrected chi connectivity index (χ2v) is 6.68. The van der Waals surface area contributed by atoms with Crippen LogP contribution in [0.3, 0.4) is 0 Å². The fourth-order valence-corrected chi connectivity index (χ4v) is 5.33. The molecular weight excluding hydrogens is 188 g/mol. The molecule has 3 aliphatic carbocycles. The normalized spacial score (nSPS) is 66.0. The smallest absolute Gasteiger partial charge is 0.0693 e. The van der Waals surface area contributed by atoms with Gasteiger partial charge in [-0.15, -0.1) is 0 Å². The molecule has 5 unspecified atom stereocenters. The monoisotopic (exact) mass is 208 g/mol. The van der Waals surface area contributed by atoms with Gasteiger partial charge in [0, 0.05) is 0 Å². The van der Waals surface area contributed by atoms with Gasteiger partial charge in [0.15, 0.2) is 0 Å². The summed E-state index contributed by atoms with van der Waals surface area (Å²) in [6.45, 7) is 2.33. The average molecular weight is 208 g/mol. The lowest BCUT2D eigenvalue weighted by atomic mass is 9.58. The van der Waals surface area contributed by atoms with E-state index in [0.717, 1.165) is 18.8 Å². The van der Waals surface area contributed by atoms with Crippen LogP contribution in [0.2, 0.25) is 0 Å². The van der Waals surface area contributed by atoms with Crippen LogP contribution in [-0.4, -0.2) is 22.9 Å². The fourth-order valence-electron chi connectivity index (χ4n) is 5.33. The predicted molar refractivity (Wildman–Crippen MR) is 56.4 cm³/mol. The Labute approximate surface area is 91.0 Å². The van der Waals surface area contributed by atoms with Crippen LogP contribution in [0.25, 0.3) is 0 Å². The number of rotatable bonds is 0. The maximum absolute atomic E-state index is 9.82. The summed E-state index contributed by atoms with van der Waals surface area (Å²) < 4.78 is 6.24. The van der Waals surface area contributed by atoms with Crippen LogP contribution in [-0.2, 0) is 4.74 Å². The molecule has 2 saturated heterocycles. The second-order valence-electron chi connectivity index (χ2n) is 6.68. The molecule has 4 bridgehead atoms. The van der Waals surface area contributed by atoms with Crippen molar-refractivity contribution in [2.75, 3.05) is 0 Å². The van der Waals surface area contributed by atoms with Crippen LogP contribution in [0.4, 0.5) is 0 Å². The number of aliphatic hydroxyl groups excluding tert-OH is 1. The minimum atomic E-state index is -0.0479. The molecule has 1 N–H and O–H groups in total. The van der Waals surface area contributed by atoms with Crippen LogP contribution >= 0.6 is 0 Å². The quantitative estimate of drug-likeness (QED) is 0.660. The van der Waals surface area contributed by atoms with Crippen molar-refractivity contribution in [1.29, 1.82) is 0 Å². The molecule has 2 heteroatoms. The molecular formula is C13H20O2. The van der Waals surface area contributed by atoms with Gasteiger partial charge >= 0.3 is 0 Å². The lowest BCUT2D eigenvalue weighted by molar-refractivity contribution is -0.158. The zero-order valence-corrected chi connectivity index (χ0v) is 9.41. The highest BCUT2D eigenvalue weighted by Gasteiger charge is 2.68. The molecule has 0 aromatic rings. The van der Waals surface area contributed by atoms with E-state index in [1.165, 1.54) is 25.7 Å². The van der Waals surface area contributed by atoms with E-state index in [1.54, 1.807) is 0 Å². The summed E-state index contributed by atoms with van der Waals surface area (Å²) in [7, 11) is 0. The molecule has 5 aliphatic rings. The maximum atomic E-state index is 9.82. The molecule has 2 nitrogen and oxygen atoms in total. The summed E-state index contributed by atoms with van der Waals surface area (Å²) in [5, 5.41) is 9.82. The average Bonchev–Trinajstić information content (AvgIpc) is 2.54. The molecule has 84 valence electrons. The Bertz CT molecular complexity index is 316. The number of hydrogen-bond acceptors (Lipinski definition) is 2. The number of ether oxygens (including phenoxy) is 1. The van der Waals surface area contributed by atoms with E-state index in [0.29, 0.717) is 17.4 Å². The van der Waals surface area contributed by atoms with E-state index in [2.05, 4.69) is 6.92 Å². The van der Waals surface area contributed by atoms with E-state index in [4.69, 9.17) is 4.74 Å². The third-order valence-corrected chi connectivity index (χ3v) is 5.89. The molecule has 5 fully saturated rings. The van der Waals surface area contributed by atoms with Gasteiger partial charge in [-0.25, -0.2) is 0 Å². The Hall–Kier alpha value is -0.0800. The topological polar surface area (TPSA) is 29.5 Å². The lowest BCUT2D eigenvalue weighted by Gasteiger charge is -2.51. The number of hydrogen-bond donors (Lipinski definition) is 1. The van der Waals surface area contributed by atoms with Crippen LogP contribution in [0.1, 0.15) is 45.4 Å². The molecule has 2 aliphatic heterocycles. The molecule has 3 saturated carbocycles. The zero-order valence-electron chi connectivity index (χ0n) is 9.41. The first-order valence-electron chi connectivity index (χ1n) is 6.47. The Morgan fingerprint density at radius 3 is 3.00 bits per heavy atom. The summed E-state index contributed by atoms with van der Waals surface area (Å²) in [6, 6.07) is 0. The van der Waals surface area contributed by atoms with Gasteiger partial charge in [0.05, 0.1) is 17.8 Å². The van der Waals surface area contributed by atoms with Crippen LogP contribution in [0.15, 0.2) is 0 Å². The van der Waals surface area contributed by atoms with Crippen molar-refractivity contribution in [3.05, 3.63) is 0 Å². The first-order valence-corrected chi connectivity index (χ1v) is 6.47. The summed E-state index contributed by atoms with van der Waals surface area (Å²) in [6.07, 6.45) is 7.67. The Balaban J connectivity index is 1.75. The van der Waals surface area contributed by atoms with Crippen molar-refractivity contribution in [3.63, 3.8) is 0 Å². The SMILES string of the molecule is CC12CC34CC[C@H](O)CC3C(CC1C4)O2. The molecule has 5 rings (SSSR count). The van der Waals surface area contributed by atoms with E-state index < -0.39 is 0 Å². The van der Waals surface area contributed by atoms with Gasteiger partial charge in [-0.1, -0.05) is 0 Å². The summed E-state index contributed by atoms with van der Waals surface area (Å²) >= 11 is 0. The van der Waals surface area contributed by atoms with Gasteiger partial charge in [0.25, 0.3) is 0 Å². The van der Waals surface area contributed by atoms with Gasteiger partial charge in [0.1, 0.15) is 0 Å². The van der Waals surface area contributed by atoms with E-state index in [1.807, 2.05) is 0 Å². The lowest BCUT2D eigenvalue weighted by Crippen LogP contribution is -2.49. The van der Waals surface area contributed by atoms with Crippen LogP contribution in [0.5, 0.6) is 0 Å². The third kappa shape index (κ3) is 0.938. The van der Waals surface area contributed by atoms with Gasteiger partial charge in [-0.2, -0.15) is 0 Å². The molecule has 0 radical (unpaired) electrons.